The first kappa shape index (κ1) is 23.7. The van der Waals surface area contributed by atoms with Crippen molar-refractivity contribution in [1.82, 2.24) is 30.1 Å². The second kappa shape index (κ2) is 9.58. The lowest BCUT2D eigenvalue weighted by Gasteiger charge is -2.56. The third kappa shape index (κ3) is 4.15. The summed E-state index contributed by atoms with van der Waals surface area (Å²) in [5.74, 6) is -0.317. The molecule has 0 spiro atoms. The normalized spacial score (nSPS) is 22.6. The number of benzene rings is 2. The Morgan fingerprint density at radius 1 is 1.03 bits per heavy atom. The van der Waals surface area contributed by atoms with E-state index in [0.717, 1.165) is 22.0 Å². The van der Waals surface area contributed by atoms with E-state index in [1.165, 1.54) is 0 Å². The van der Waals surface area contributed by atoms with Gasteiger partial charge in [-0.05, 0) is 31.0 Å². The highest BCUT2D eigenvalue weighted by Gasteiger charge is 2.52. The molecule has 9 nitrogen and oxygen atoms in total. The minimum Gasteiger partial charge on any atom is -0.333 e. The van der Waals surface area contributed by atoms with Gasteiger partial charge in [0, 0.05) is 31.7 Å². The number of amides is 4. The monoisotopic (exact) mass is 486 g/mol. The van der Waals surface area contributed by atoms with Gasteiger partial charge in [-0.15, -0.1) is 0 Å². The van der Waals surface area contributed by atoms with Crippen molar-refractivity contribution < 1.29 is 14.4 Å². The van der Waals surface area contributed by atoms with Crippen LogP contribution < -0.4 is 5.32 Å². The van der Waals surface area contributed by atoms with Gasteiger partial charge < -0.3 is 15.1 Å². The summed E-state index contributed by atoms with van der Waals surface area (Å²) >= 11 is 0. The number of likely N-dealkylation sites (N-methyl/N-ethyl adjacent to an activating group) is 1. The zero-order valence-corrected chi connectivity index (χ0v) is 20.7. The van der Waals surface area contributed by atoms with Crippen LogP contribution in [-0.4, -0.2) is 74.5 Å². The minimum absolute atomic E-state index is 0.0207. The molecule has 0 bridgehead atoms. The lowest BCUT2D eigenvalue weighted by molar-refractivity contribution is -0.194. The van der Waals surface area contributed by atoms with E-state index in [0.29, 0.717) is 13.1 Å². The first-order valence-electron chi connectivity index (χ1n) is 12.1. The molecule has 186 valence electrons. The molecule has 2 fully saturated rings. The van der Waals surface area contributed by atoms with Gasteiger partial charge in [0.2, 0.25) is 11.8 Å². The number of aromatic nitrogens is 1. The molecule has 0 saturated carbocycles. The van der Waals surface area contributed by atoms with Gasteiger partial charge in [-0.3, -0.25) is 14.6 Å². The summed E-state index contributed by atoms with van der Waals surface area (Å²) in [7, 11) is 1.73. The summed E-state index contributed by atoms with van der Waals surface area (Å²) in [6.45, 7) is 4.34. The molecule has 1 N–H and O–H groups in total. The summed E-state index contributed by atoms with van der Waals surface area (Å²) in [4.78, 5) is 47.9. The van der Waals surface area contributed by atoms with E-state index in [1.54, 1.807) is 40.0 Å². The van der Waals surface area contributed by atoms with Crippen molar-refractivity contribution in [2.45, 2.75) is 45.2 Å². The van der Waals surface area contributed by atoms with Gasteiger partial charge in [0.1, 0.15) is 12.2 Å². The molecule has 36 heavy (non-hydrogen) atoms. The second-order valence-corrected chi connectivity index (χ2v) is 9.39. The van der Waals surface area contributed by atoms with Gasteiger partial charge in [0.25, 0.3) is 0 Å². The maximum absolute atomic E-state index is 13.5. The van der Waals surface area contributed by atoms with Crippen LogP contribution in [0, 0.1) is 0 Å². The smallest absolute Gasteiger partial charge is 0.333 e. The van der Waals surface area contributed by atoms with E-state index in [1.807, 2.05) is 67.6 Å². The van der Waals surface area contributed by atoms with Crippen LogP contribution >= 0.6 is 0 Å². The van der Waals surface area contributed by atoms with Crippen molar-refractivity contribution >= 4 is 28.7 Å². The van der Waals surface area contributed by atoms with Crippen LogP contribution in [0.5, 0.6) is 0 Å². The average Bonchev–Trinajstić information content (AvgIpc) is 2.88. The lowest BCUT2D eigenvalue weighted by Crippen LogP contribution is -2.77. The van der Waals surface area contributed by atoms with Crippen LogP contribution in [0.3, 0.4) is 0 Å². The molecule has 3 heterocycles. The number of fused-ring (bicyclic) bond motifs is 2. The van der Waals surface area contributed by atoms with Gasteiger partial charge in [0.15, 0.2) is 0 Å². The molecule has 3 aromatic rings. The molecule has 2 aromatic carbocycles. The second-order valence-electron chi connectivity index (χ2n) is 9.39. The highest BCUT2D eigenvalue weighted by Crippen LogP contribution is 2.31. The molecule has 5 rings (SSSR count). The van der Waals surface area contributed by atoms with Crippen molar-refractivity contribution in [3.05, 3.63) is 78.0 Å². The lowest BCUT2D eigenvalue weighted by atomic mass is 10.00. The fourth-order valence-electron chi connectivity index (χ4n) is 5.25. The molecule has 3 atom stereocenters. The fourth-order valence-corrected chi connectivity index (χ4v) is 5.25. The predicted molar refractivity (Wildman–Crippen MR) is 135 cm³/mol. The van der Waals surface area contributed by atoms with Crippen LogP contribution in [-0.2, 0) is 22.7 Å². The number of hydrazine groups is 1. The van der Waals surface area contributed by atoms with E-state index in [9.17, 15) is 14.4 Å². The number of para-hydroxylation sites is 1. The average molecular weight is 487 g/mol. The number of urea groups is 1. The van der Waals surface area contributed by atoms with E-state index < -0.39 is 18.2 Å². The molecule has 2 saturated heterocycles. The molecule has 0 aliphatic carbocycles. The number of carbonyl (C=O) groups is 3. The Bertz CT molecular complexity index is 1290. The Morgan fingerprint density at radius 2 is 1.78 bits per heavy atom. The molecule has 9 heteroatoms. The Hall–Kier alpha value is -3.98. The number of hydrogen-bond acceptors (Lipinski definition) is 5. The summed E-state index contributed by atoms with van der Waals surface area (Å²) < 4.78 is 0. The fraction of sp³-hybridized carbons (Fsp3) is 0.333. The minimum atomic E-state index is -0.695. The number of hydrogen-bond donors (Lipinski definition) is 1. The molecular weight excluding hydrogens is 456 g/mol. The Balaban J connectivity index is 1.45. The third-order valence-corrected chi connectivity index (χ3v) is 7.09. The molecule has 1 unspecified atom stereocenters. The zero-order chi connectivity index (χ0) is 25.4. The van der Waals surface area contributed by atoms with E-state index in [-0.39, 0.29) is 24.4 Å². The first-order chi connectivity index (χ1) is 17.4. The largest absolute Gasteiger partial charge is 0.334 e. The topological polar surface area (TPSA) is 89.1 Å². The van der Waals surface area contributed by atoms with Gasteiger partial charge in [0.05, 0.1) is 18.1 Å². The first-order valence-corrected chi connectivity index (χ1v) is 12.1. The number of pyridine rings is 1. The predicted octanol–water partition coefficient (Wildman–Crippen LogP) is 2.58. The highest BCUT2D eigenvalue weighted by molar-refractivity contribution is 5.92. The number of carbonyl (C=O) groups excluding carboxylic acids is 3. The highest BCUT2D eigenvalue weighted by atomic mass is 16.2. The van der Waals surface area contributed by atoms with Crippen LogP contribution in [0.2, 0.25) is 0 Å². The van der Waals surface area contributed by atoms with Crippen molar-refractivity contribution in [1.29, 1.82) is 0 Å². The van der Waals surface area contributed by atoms with Crippen LogP contribution in [0.4, 0.5) is 4.79 Å². The Morgan fingerprint density at radius 3 is 2.56 bits per heavy atom. The van der Waals surface area contributed by atoms with E-state index in [4.69, 9.17) is 0 Å². The van der Waals surface area contributed by atoms with Crippen molar-refractivity contribution in [2.24, 2.45) is 0 Å². The zero-order valence-electron chi connectivity index (χ0n) is 20.7. The van der Waals surface area contributed by atoms with Gasteiger partial charge >= 0.3 is 6.03 Å². The quantitative estimate of drug-likeness (QED) is 0.612. The van der Waals surface area contributed by atoms with E-state index >= 15 is 0 Å². The maximum Gasteiger partial charge on any atom is 0.334 e. The van der Waals surface area contributed by atoms with Crippen LogP contribution in [0.15, 0.2) is 66.9 Å². The maximum atomic E-state index is 13.5. The van der Waals surface area contributed by atoms with Crippen molar-refractivity contribution in [3.63, 3.8) is 0 Å². The molecule has 2 aliphatic heterocycles. The van der Waals surface area contributed by atoms with Gasteiger partial charge in [-0.25, -0.2) is 14.8 Å². The molecular formula is C27H30N6O3. The molecule has 2 aliphatic rings. The van der Waals surface area contributed by atoms with E-state index in [2.05, 4.69) is 10.3 Å². The molecule has 4 amide bonds. The molecule has 0 radical (unpaired) electrons. The number of nitrogens with one attached hydrogen (secondary N) is 1. The van der Waals surface area contributed by atoms with Crippen LogP contribution in [0.25, 0.3) is 10.9 Å². The summed E-state index contributed by atoms with van der Waals surface area (Å²) in [6.07, 6.45) is 1.10. The number of nitrogens with zero attached hydrogens (tertiary/aromatic N) is 5. The van der Waals surface area contributed by atoms with Crippen LogP contribution in [0.1, 0.15) is 25.0 Å². The number of rotatable bonds is 4. The summed E-state index contributed by atoms with van der Waals surface area (Å²) in [6, 6.07) is 18.0. The standard InChI is InChI=1S/C27H30N6O3/c1-18-25-32(23(34)17-30(3)33(25)27(36)29-15-20-9-5-4-6-10-20)19(2)26(35)31(18)16-22-12-7-11-21-13-8-14-28-24(21)22/h4-14,18-19,25H,15-17H2,1-3H3,(H,29,36)/t18-,19-,25?/m0/s1. The Kier molecular flexibility index (Phi) is 6.32. The van der Waals surface area contributed by atoms with Gasteiger partial charge in [-0.2, -0.15) is 0 Å². The molecule has 1 aromatic heterocycles. The van der Waals surface area contributed by atoms with Crippen molar-refractivity contribution in [2.75, 3.05) is 13.6 Å². The van der Waals surface area contributed by atoms with Crippen molar-refractivity contribution in [3.8, 4) is 0 Å². The number of piperazine rings is 1. The summed E-state index contributed by atoms with van der Waals surface area (Å²) in [5, 5.41) is 7.19. The van der Waals surface area contributed by atoms with Gasteiger partial charge in [-0.1, -0.05) is 54.6 Å². The third-order valence-electron chi connectivity index (χ3n) is 7.09. The Labute approximate surface area is 210 Å². The SMILES string of the molecule is C[C@H]1C2N(C(=O)CN(C)N2C(=O)NCc2ccccc2)[C@@H](C)C(=O)N1Cc1cccc2cccnc12. The summed E-state index contributed by atoms with van der Waals surface area (Å²) in [5.41, 5.74) is 2.73.